The van der Waals surface area contributed by atoms with E-state index in [1.54, 1.807) is 5.57 Å². The lowest BCUT2D eigenvalue weighted by Gasteiger charge is -2.26. The molecule has 3 rings (SSSR count). The highest BCUT2D eigenvalue weighted by atomic mass is 16.1. The van der Waals surface area contributed by atoms with Crippen molar-refractivity contribution in [1.82, 2.24) is 5.32 Å². The third kappa shape index (κ3) is 7.00. The van der Waals surface area contributed by atoms with E-state index in [9.17, 15) is 14.4 Å². The maximum absolute atomic E-state index is 13.7. The number of rotatable bonds is 4. The fourth-order valence-electron chi connectivity index (χ4n) is 6.49. The molecule has 3 aliphatic carbocycles. The molecule has 0 saturated carbocycles. The van der Waals surface area contributed by atoms with Gasteiger partial charge in [0.25, 0.3) is 0 Å². The number of nitrogens with one attached hydrogen (secondary N) is 1. The zero-order valence-electron chi connectivity index (χ0n) is 25.1. The van der Waals surface area contributed by atoms with Crippen LogP contribution >= 0.6 is 0 Å². The van der Waals surface area contributed by atoms with E-state index in [2.05, 4.69) is 46.9 Å². The summed E-state index contributed by atoms with van der Waals surface area (Å²) in [6, 6.07) is 0. The summed E-state index contributed by atoms with van der Waals surface area (Å²) in [7, 11) is 1.90. The molecule has 3 aliphatic rings. The van der Waals surface area contributed by atoms with Crippen LogP contribution in [0.15, 0.2) is 56.7 Å². The molecule has 38 heavy (non-hydrogen) atoms. The number of Topliss-reactive ketones (excluding diaryl/α,β-unsaturated/α-hetero) is 2. The minimum atomic E-state index is -0.0955. The second-order valence-corrected chi connectivity index (χ2v) is 12.4. The Morgan fingerprint density at radius 1 is 0.921 bits per heavy atom. The van der Waals surface area contributed by atoms with Crippen molar-refractivity contribution in [3.63, 3.8) is 0 Å². The van der Waals surface area contributed by atoms with Gasteiger partial charge in [0.2, 0.25) is 0 Å². The van der Waals surface area contributed by atoms with Crippen LogP contribution in [0.5, 0.6) is 0 Å². The van der Waals surface area contributed by atoms with E-state index in [1.807, 2.05) is 20.0 Å². The lowest BCUT2D eigenvalue weighted by molar-refractivity contribution is -0.118. The Labute approximate surface area is 230 Å². The van der Waals surface area contributed by atoms with E-state index < -0.39 is 0 Å². The normalized spacial score (nSPS) is 31.7. The van der Waals surface area contributed by atoms with Crippen molar-refractivity contribution in [3.8, 4) is 0 Å². The molecule has 0 aromatic rings. The number of carbonyl (C=O) groups excluding carboxylic acids is 3. The molecule has 0 aromatic carbocycles. The van der Waals surface area contributed by atoms with Crippen molar-refractivity contribution >= 4 is 17.3 Å². The summed E-state index contributed by atoms with van der Waals surface area (Å²) in [5.41, 5.74) is 7.93. The largest absolute Gasteiger partial charge is 0.320 e. The van der Waals surface area contributed by atoms with Crippen molar-refractivity contribution in [2.24, 2.45) is 23.7 Å². The predicted octanol–water partition coefficient (Wildman–Crippen LogP) is 7.42. The zero-order chi connectivity index (χ0) is 28.1. The zero-order valence-corrected chi connectivity index (χ0v) is 25.1. The average Bonchev–Trinajstić information content (AvgIpc) is 3.26. The number of fused-ring (bicyclic) bond motifs is 4. The molecule has 1 unspecified atom stereocenters. The van der Waals surface area contributed by atoms with Gasteiger partial charge >= 0.3 is 0 Å². The van der Waals surface area contributed by atoms with Gasteiger partial charge < -0.3 is 5.32 Å². The van der Waals surface area contributed by atoms with Gasteiger partial charge in [-0.2, -0.15) is 0 Å². The molecule has 4 nitrogen and oxygen atoms in total. The lowest BCUT2D eigenvalue weighted by atomic mass is 9.78. The molecule has 0 amide bonds. The summed E-state index contributed by atoms with van der Waals surface area (Å²) in [6.07, 6.45) is 9.76. The monoisotopic (exact) mass is 519 g/mol. The first kappa shape index (κ1) is 30.2. The Morgan fingerprint density at radius 3 is 2.32 bits per heavy atom. The Hall–Kier alpha value is -2.33. The third-order valence-electron chi connectivity index (χ3n) is 9.48. The van der Waals surface area contributed by atoms with Crippen LogP contribution < -0.4 is 5.32 Å². The van der Waals surface area contributed by atoms with Crippen LogP contribution in [-0.4, -0.2) is 30.9 Å². The molecule has 4 bridgehead atoms. The van der Waals surface area contributed by atoms with Crippen molar-refractivity contribution in [2.45, 2.75) is 99.8 Å². The van der Waals surface area contributed by atoms with Gasteiger partial charge in [-0.3, -0.25) is 14.4 Å². The molecular weight excluding hydrogens is 470 g/mol. The maximum Gasteiger partial charge on any atom is 0.186 e. The van der Waals surface area contributed by atoms with Gasteiger partial charge in [0.1, 0.15) is 0 Å². The molecule has 0 aliphatic heterocycles. The van der Waals surface area contributed by atoms with Gasteiger partial charge in [-0.15, -0.1) is 0 Å². The fraction of sp³-hybridized carbons (Fsp3) is 0.618. The van der Waals surface area contributed by atoms with Gasteiger partial charge in [-0.1, -0.05) is 55.6 Å². The van der Waals surface area contributed by atoms with Gasteiger partial charge in [0, 0.05) is 23.1 Å². The van der Waals surface area contributed by atoms with Crippen molar-refractivity contribution in [2.75, 3.05) is 13.6 Å². The molecule has 1 N–H and O–H groups in total. The van der Waals surface area contributed by atoms with Crippen LogP contribution in [0.1, 0.15) is 99.8 Å². The summed E-state index contributed by atoms with van der Waals surface area (Å²) in [6.45, 7) is 16.2. The molecular formula is C34H49NO3. The van der Waals surface area contributed by atoms with Crippen molar-refractivity contribution < 1.29 is 14.4 Å². The number of hydrogen-bond acceptors (Lipinski definition) is 4. The highest BCUT2D eigenvalue weighted by Gasteiger charge is 2.32. The minimum Gasteiger partial charge on any atom is -0.320 e. The van der Waals surface area contributed by atoms with Gasteiger partial charge in [-0.25, -0.2) is 0 Å². The molecule has 0 aromatic heterocycles. The Balaban J connectivity index is 2.00. The van der Waals surface area contributed by atoms with Gasteiger partial charge in [-0.05, 0) is 115 Å². The van der Waals surface area contributed by atoms with E-state index >= 15 is 0 Å². The summed E-state index contributed by atoms with van der Waals surface area (Å²) in [4.78, 5) is 40.1. The standard InChI is InChI=1S/C34H49NO3/c1-20-11-12-21(2)26(7)30-17-27(16-23(30)4)25(6)22(3)15-24(5)32(36)18-28-19-33(37)29(10-9-13-35-8)31(14-20)34(28)38/h15,19-21,26-27,35H,9-14,16-18H2,1-8H3/b24-15+,25-22-/t20-,21-,26+,27?/m0/s1. The smallest absolute Gasteiger partial charge is 0.186 e. The molecule has 0 radical (unpaired) electrons. The molecule has 0 heterocycles. The summed E-state index contributed by atoms with van der Waals surface area (Å²) < 4.78 is 0. The highest BCUT2D eigenvalue weighted by molar-refractivity contribution is 6.24. The van der Waals surface area contributed by atoms with Crippen molar-refractivity contribution in [3.05, 3.63) is 56.7 Å². The molecule has 4 atom stereocenters. The SMILES string of the molecule is CNCCCC1=C2C[C@@H](C)CC[C@H](C)[C@@H](C)C3=C(C)CC(C3)/C(C)=C(C)\C=C(/C)C(=O)CC(=CC1=O)C2=O. The van der Waals surface area contributed by atoms with Crippen LogP contribution in [0.2, 0.25) is 0 Å². The third-order valence-corrected chi connectivity index (χ3v) is 9.48. The first-order valence-corrected chi connectivity index (χ1v) is 14.7. The van der Waals surface area contributed by atoms with E-state index in [0.717, 1.165) is 44.2 Å². The van der Waals surface area contributed by atoms with Crippen LogP contribution in [0.3, 0.4) is 0 Å². The predicted molar refractivity (Wildman–Crippen MR) is 157 cm³/mol. The molecule has 0 spiro atoms. The number of ketones is 3. The maximum atomic E-state index is 13.7. The van der Waals surface area contributed by atoms with Crippen LogP contribution in [0.4, 0.5) is 0 Å². The lowest BCUT2D eigenvalue weighted by Crippen LogP contribution is -2.23. The Bertz CT molecular complexity index is 1130. The summed E-state index contributed by atoms with van der Waals surface area (Å²) in [5.74, 6) is 1.61. The quantitative estimate of drug-likeness (QED) is 0.238. The van der Waals surface area contributed by atoms with E-state index in [0.29, 0.717) is 58.8 Å². The first-order valence-electron chi connectivity index (χ1n) is 14.7. The van der Waals surface area contributed by atoms with Crippen LogP contribution in [-0.2, 0) is 14.4 Å². The Morgan fingerprint density at radius 2 is 1.63 bits per heavy atom. The highest BCUT2D eigenvalue weighted by Crippen LogP contribution is 2.43. The molecule has 0 saturated heterocycles. The average molecular weight is 520 g/mol. The number of hydrogen-bond donors (Lipinski definition) is 1. The van der Waals surface area contributed by atoms with Gasteiger partial charge in [0.05, 0.1) is 0 Å². The molecule has 4 heteroatoms. The molecule has 0 fully saturated rings. The van der Waals surface area contributed by atoms with Crippen LogP contribution in [0.25, 0.3) is 0 Å². The second-order valence-electron chi connectivity index (χ2n) is 12.4. The number of allylic oxidation sites excluding steroid dienone is 10. The van der Waals surface area contributed by atoms with E-state index in [1.165, 1.54) is 17.2 Å². The Kier molecular flexibility index (Phi) is 10.5. The topological polar surface area (TPSA) is 63.2 Å². The summed E-state index contributed by atoms with van der Waals surface area (Å²) >= 11 is 0. The first-order chi connectivity index (χ1) is 17.9. The van der Waals surface area contributed by atoms with Crippen molar-refractivity contribution in [1.29, 1.82) is 0 Å². The van der Waals surface area contributed by atoms with E-state index in [4.69, 9.17) is 0 Å². The molecule has 208 valence electrons. The summed E-state index contributed by atoms with van der Waals surface area (Å²) in [5, 5.41) is 3.14. The number of carbonyl (C=O) groups is 3. The second kappa shape index (κ2) is 13.2. The minimum absolute atomic E-state index is 0.0102. The van der Waals surface area contributed by atoms with Gasteiger partial charge in [0.15, 0.2) is 17.3 Å². The fourth-order valence-corrected chi connectivity index (χ4v) is 6.49. The van der Waals surface area contributed by atoms with Crippen LogP contribution in [0, 0.1) is 23.7 Å². The van der Waals surface area contributed by atoms with E-state index in [-0.39, 0.29) is 23.8 Å².